The number of carboxylic acid groups (broad SMARTS) is 1. The lowest BCUT2D eigenvalue weighted by Gasteiger charge is -2.05. The Kier molecular flexibility index (Phi) is 4.40. The Hall–Kier alpha value is -1.85. The van der Waals surface area contributed by atoms with E-state index in [1.165, 1.54) is 24.3 Å². The minimum atomic E-state index is -3.73. The summed E-state index contributed by atoms with van der Waals surface area (Å²) in [6, 6.07) is 13.3. The first-order valence-electron chi connectivity index (χ1n) is 7.67. The molecule has 0 aromatic heterocycles. The van der Waals surface area contributed by atoms with Crippen molar-refractivity contribution in [2.24, 2.45) is 5.92 Å². The smallest absolute Gasteiger partial charge is 0.308 e. The summed E-state index contributed by atoms with van der Waals surface area (Å²) in [4.78, 5) is 11.6. The SMILES string of the molecule is CCc1ccc([C@@H]2[C@H](C(=O)O)[C@H]2S(=O)(=O)c2ccc(Cl)cc2)cc1. The first-order valence-corrected chi connectivity index (χ1v) is 9.59. The molecule has 3 rings (SSSR count). The molecule has 0 amide bonds. The van der Waals surface area contributed by atoms with Crippen molar-refractivity contribution in [3.63, 3.8) is 0 Å². The third kappa shape index (κ3) is 2.94. The molecule has 0 bridgehead atoms. The van der Waals surface area contributed by atoms with E-state index in [-0.39, 0.29) is 4.90 Å². The van der Waals surface area contributed by atoms with Gasteiger partial charge in [-0.05, 0) is 41.8 Å². The molecule has 0 spiro atoms. The molecule has 4 nitrogen and oxygen atoms in total. The van der Waals surface area contributed by atoms with Gasteiger partial charge < -0.3 is 5.11 Å². The minimum Gasteiger partial charge on any atom is -0.481 e. The van der Waals surface area contributed by atoms with E-state index in [1.807, 2.05) is 31.2 Å². The van der Waals surface area contributed by atoms with E-state index in [1.54, 1.807) is 0 Å². The van der Waals surface area contributed by atoms with Gasteiger partial charge >= 0.3 is 5.97 Å². The summed E-state index contributed by atoms with van der Waals surface area (Å²) in [6.07, 6.45) is 0.875. The standard InChI is InChI=1S/C18H17ClO4S/c1-2-11-3-5-12(6-4-11)15-16(18(20)21)17(15)24(22,23)14-9-7-13(19)8-10-14/h3-10,15-17H,2H2,1H3,(H,20,21)/t15-,16+,17+/m1/s1. The van der Waals surface area contributed by atoms with Crippen LogP contribution in [0.3, 0.4) is 0 Å². The fourth-order valence-corrected chi connectivity index (χ4v) is 5.37. The quantitative estimate of drug-likeness (QED) is 0.880. The van der Waals surface area contributed by atoms with Crippen molar-refractivity contribution in [2.75, 3.05) is 0 Å². The van der Waals surface area contributed by atoms with Gasteiger partial charge in [-0.2, -0.15) is 0 Å². The molecule has 1 fully saturated rings. The molecule has 0 unspecified atom stereocenters. The van der Waals surface area contributed by atoms with Crippen LogP contribution in [-0.2, 0) is 21.1 Å². The van der Waals surface area contributed by atoms with Gasteiger partial charge in [-0.25, -0.2) is 8.42 Å². The predicted octanol–water partition coefficient (Wildman–Crippen LogP) is 3.54. The van der Waals surface area contributed by atoms with Crippen LogP contribution in [0.15, 0.2) is 53.4 Å². The average Bonchev–Trinajstić information content (AvgIpc) is 3.32. The van der Waals surface area contributed by atoms with Crippen LogP contribution in [0.25, 0.3) is 0 Å². The Balaban J connectivity index is 1.96. The predicted molar refractivity (Wildman–Crippen MR) is 92.1 cm³/mol. The van der Waals surface area contributed by atoms with Crippen LogP contribution >= 0.6 is 11.6 Å². The molecule has 126 valence electrons. The largest absolute Gasteiger partial charge is 0.481 e. The van der Waals surface area contributed by atoms with Gasteiger partial charge in [0, 0.05) is 10.9 Å². The zero-order valence-electron chi connectivity index (χ0n) is 13.0. The van der Waals surface area contributed by atoms with Gasteiger partial charge in [-0.3, -0.25) is 4.79 Å². The lowest BCUT2D eigenvalue weighted by molar-refractivity contribution is -0.138. The van der Waals surface area contributed by atoms with Crippen molar-refractivity contribution in [3.05, 3.63) is 64.7 Å². The van der Waals surface area contributed by atoms with Crippen molar-refractivity contribution in [3.8, 4) is 0 Å². The van der Waals surface area contributed by atoms with Crippen LogP contribution in [-0.4, -0.2) is 24.7 Å². The number of carboxylic acids is 1. The van der Waals surface area contributed by atoms with Crippen LogP contribution in [0.1, 0.15) is 24.0 Å². The minimum absolute atomic E-state index is 0.107. The van der Waals surface area contributed by atoms with Gasteiger partial charge in [0.15, 0.2) is 9.84 Å². The van der Waals surface area contributed by atoms with E-state index in [4.69, 9.17) is 11.6 Å². The first kappa shape index (κ1) is 17.0. The maximum atomic E-state index is 12.8. The van der Waals surface area contributed by atoms with Gasteiger partial charge in [-0.15, -0.1) is 0 Å². The van der Waals surface area contributed by atoms with E-state index >= 15 is 0 Å². The van der Waals surface area contributed by atoms with Crippen molar-refractivity contribution in [1.82, 2.24) is 0 Å². The molecule has 1 aliphatic rings. The number of hydrogen-bond acceptors (Lipinski definition) is 3. The van der Waals surface area contributed by atoms with Crippen molar-refractivity contribution < 1.29 is 18.3 Å². The lowest BCUT2D eigenvalue weighted by Crippen LogP contribution is -2.13. The number of rotatable bonds is 5. The normalized spacial score (nSPS) is 23.0. The Bertz CT molecular complexity index is 857. The Morgan fingerprint density at radius 2 is 1.67 bits per heavy atom. The van der Waals surface area contributed by atoms with Gasteiger partial charge in [0.25, 0.3) is 0 Å². The summed E-state index contributed by atoms with van der Waals surface area (Å²) in [6.45, 7) is 2.03. The number of carbonyl (C=O) groups is 1. The fraction of sp³-hybridized carbons (Fsp3) is 0.278. The molecule has 0 radical (unpaired) electrons. The van der Waals surface area contributed by atoms with E-state index < -0.39 is 32.9 Å². The highest BCUT2D eigenvalue weighted by Gasteiger charge is 2.63. The lowest BCUT2D eigenvalue weighted by atomic mass is 10.1. The third-order valence-electron chi connectivity index (χ3n) is 4.51. The molecule has 0 heterocycles. The first-order chi connectivity index (χ1) is 11.4. The molecule has 3 atom stereocenters. The second-order valence-electron chi connectivity index (χ2n) is 5.95. The highest BCUT2D eigenvalue weighted by atomic mass is 35.5. The molecular weight excluding hydrogens is 348 g/mol. The van der Waals surface area contributed by atoms with Crippen molar-refractivity contribution >= 4 is 27.4 Å². The number of aryl methyl sites for hydroxylation is 1. The maximum Gasteiger partial charge on any atom is 0.308 e. The van der Waals surface area contributed by atoms with Crippen LogP contribution in [0.2, 0.25) is 5.02 Å². The number of aliphatic carboxylic acids is 1. The third-order valence-corrected chi connectivity index (χ3v) is 7.00. The Morgan fingerprint density at radius 3 is 2.17 bits per heavy atom. The summed E-state index contributed by atoms with van der Waals surface area (Å²) in [5, 5.41) is 8.92. The van der Waals surface area contributed by atoms with Gasteiger partial charge in [-0.1, -0.05) is 42.8 Å². The maximum absolute atomic E-state index is 12.8. The molecule has 2 aromatic carbocycles. The van der Waals surface area contributed by atoms with Gasteiger partial charge in [0.1, 0.15) is 0 Å². The van der Waals surface area contributed by atoms with E-state index in [9.17, 15) is 18.3 Å². The zero-order chi connectivity index (χ0) is 17.5. The summed E-state index contributed by atoms with van der Waals surface area (Å²) < 4.78 is 25.6. The second-order valence-corrected chi connectivity index (χ2v) is 8.49. The molecule has 0 saturated heterocycles. The van der Waals surface area contributed by atoms with Crippen molar-refractivity contribution in [1.29, 1.82) is 0 Å². The van der Waals surface area contributed by atoms with Gasteiger partial charge in [0.2, 0.25) is 0 Å². The molecule has 1 aliphatic carbocycles. The van der Waals surface area contributed by atoms with E-state index in [0.717, 1.165) is 17.5 Å². The summed E-state index contributed by atoms with van der Waals surface area (Å²) in [5.74, 6) is -2.52. The van der Waals surface area contributed by atoms with Crippen LogP contribution in [0.5, 0.6) is 0 Å². The number of benzene rings is 2. The number of sulfone groups is 1. The van der Waals surface area contributed by atoms with Crippen LogP contribution < -0.4 is 0 Å². The Morgan fingerprint density at radius 1 is 1.08 bits per heavy atom. The van der Waals surface area contributed by atoms with Crippen LogP contribution in [0.4, 0.5) is 0 Å². The number of halogens is 1. The second kappa shape index (κ2) is 6.22. The summed E-state index contributed by atoms with van der Waals surface area (Å²) >= 11 is 5.80. The van der Waals surface area contributed by atoms with E-state index in [2.05, 4.69) is 0 Å². The van der Waals surface area contributed by atoms with Crippen molar-refractivity contribution in [2.45, 2.75) is 29.4 Å². The molecule has 2 aromatic rings. The highest BCUT2D eigenvalue weighted by Crippen LogP contribution is 2.54. The number of hydrogen-bond donors (Lipinski definition) is 1. The molecule has 6 heteroatoms. The topological polar surface area (TPSA) is 71.4 Å². The molecule has 1 N–H and O–H groups in total. The molecule has 0 aliphatic heterocycles. The van der Waals surface area contributed by atoms with E-state index in [0.29, 0.717) is 5.02 Å². The van der Waals surface area contributed by atoms with Gasteiger partial charge in [0.05, 0.1) is 16.1 Å². The average molecular weight is 365 g/mol. The summed E-state index contributed by atoms with van der Waals surface area (Å²) in [7, 11) is -3.73. The van der Waals surface area contributed by atoms with Crippen LogP contribution in [0, 0.1) is 5.92 Å². The fourth-order valence-electron chi connectivity index (χ4n) is 3.12. The zero-order valence-corrected chi connectivity index (χ0v) is 14.6. The summed E-state index contributed by atoms with van der Waals surface area (Å²) in [5.41, 5.74) is 1.88. The Labute approximate surface area is 146 Å². The molecule has 24 heavy (non-hydrogen) atoms. The monoisotopic (exact) mass is 364 g/mol. The highest BCUT2D eigenvalue weighted by molar-refractivity contribution is 7.92. The molecular formula is C18H17ClO4S. The molecule has 1 saturated carbocycles.